The molecule has 0 aliphatic heterocycles. The van der Waals surface area contributed by atoms with E-state index in [4.69, 9.17) is 0 Å². The van der Waals surface area contributed by atoms with Crippen molar-refractivity contribution < 1.29 is 9.18 Å². The van der Waals surface area contributed by atoms with Crippen LogP contribution in [0.3, 0.4) is 0 Å². The predicted octanol–water partition coefficient (Wildman–Crippen LogP) is 3.51. The number of halogens is 2. The molecule has 1 fully saturated rings. The van der Waals surface area contributed by atoms with Gasteiger partial charge in [0.15, 0.2) is 0 Å². The summed E-state index contributed by atoms with van der Waals surface area (Å²) >= 11 is 3.10. The highest BCUT2D eigenvalue weighted by Gasteiger charge is 2.41. The Labute approximate surface area is 117 Å². The van der Waals surface area contributed by atoms with Crippen LogP contribution in [0.1, 0.15) is 24.8 Å². The van der Waals surface area contributed by atoms with Crippen LogP contribution in [-0.4, -0.2) is 5.78 Å². The molecule has 1 aliphatic carbocycles. The third-order valence-corrected chi connectivity index (χ3v) is 3.33. The second-order valence-electron chi connectivity index (χ2n) is 3.73. The predicted molar refractivity (Wildman–Crippen MR) is 76.4 cm³/mol. The highest BCUT2D eigenvalue weighted by atomic mass is 79.9. The molecule has 1 nitrogen and oxygen atoms in total. The first kappa shape index (κ1) is 16.0. The highest BCUT2D eigenvalue weighted by molar-refractivity contribution is 9.10. The van der Waals surface area contributed by atoms with E-state index in [2.05, 4.69) is 15.9 Å². The fourth-order valence-electron chi connectivity index (χ4n) is 1.76. The van der Waals surface area contributed by atoms with E-state index in [0.29, 0.717) is 4.47 Å². The van der Waals surface area contributed by atoms with Crippen LogP contribution in [0.5, 0.6) is 0 Å². The zero-order chi connectivity index (χ0) is 10.3. The highest BCUT2D eigenvalue weighted by Crippen LogP contribution is 2.48. The fraction of sp³-hybridized carbons (Fsp3) is 0.364. The first-order chi connectivity index (χ1) is 6.59. The number of benzene rings is 1. The zero-order valence-corrected chi connectivity index (χ0v) is 12.3. The molecule has 5 heteroatoms. The van der Waals surface area contributed by atoms with Gasteiger partial charge >= 0.3 is 0 Å². The molecule has 0 heterocycles. The molecule has 16 heavy (non-hydrogen) atoms. The molecule has 0 saturated heterocycles. The third kappa shape index (κ3) is 3.25. The number of Topliss-reactive ketones (excluding diaryl/α,β-unsaturated/α-hetero) is 1. The van der Waals surface area contributed by atoms with Gasteiger partial charge in [-0.05, 0) is 52.9 Å². The van der Waals surface area contributed by atoms with Crippen LogP contribution in [0.4, 0.5) is 4.39 Å². The maximum Gasteiger partial charge on any atom is 0.137 e. The zero-order valence-electron chi connectivity index (χ0n) is 8.76. The van der Waals surface area contributed by atoms with E-state index in [1.807, 2.05) is 6.07 Å². The number of ketones is 1. The third-order valence-electron chi connectivity index (χ3n) is 2.68. The van der Waals surface area contributed by atoms with Crippen LogP contribution in [0.15, 0.2) is 22.7 Å². The Morgan fingerprint density at radius 3 is 2.50 bits per heavy atom. The first-order valence-corrected chi connectivity index (χ1v) is 5.34. The van der Waals surface area contributed by atoms with Gasteiger partial charge < -0.3 is 0 Å². The Bertz CT molecular complexity index is 398. The van der Waals surface area contributed by atoms with Crippen molar-refractivity contribution in [1.29, 1.82) is 0 Å². The number of rotatable bonds is 2. The van der Waals surface area contributed by atoms with Crippen molar-refractivity contribution >= 4 is 48.7 Å². The summed E-state index contributed by atoms with van der Waals surface area (Å²) in [5.74, 6) is 0.320. The summed E-state index contributed by atoms with van der Waals surface area (Å²) in [4.78, 5) is 11.0. The molecule has 90 valence electrons. The van der Waals surface area contributed by atoms with E-state index in [1.165, 1.54) is 6.07 Å². The molecule has 1 aromatic rings. The van der Waals surface area contributed by atoms with E-state index >= 15 is 0 Å². The second kappa shape index (κ2) is 6.07. The minimum Gasteiger partial charge on any atom is -0.300 e. The van der Waals surface area contributed by atoms with E-state index < -0.39 is 0 Å². The van der Waals surface area contributed by atoms with E-state index in [9.17, 15) is 9.18 Å². The summed E-state index contributed by atoms with van der Waals surface area (Å²) in [6.45, 7) is 1.60. The molecule has 2 atom stereocenters. The number of hydrogen-bond acceptors (Lipinski definition) is 1. The van der Waals surface area contributed by atoms with Gasteiger partial charge in [-0.2, -0.15) is 27.0 Å². The molecule has 0 unspecified atom stereocenters. The molecule has 1 aliphatic rings. The number of carbonyl (C=O) groups excluding carboxylic acids is 1. The molecule has 1 saturated carbocycles. The average Bonchev–Trinajstić information content (AvgIpc) is 2.89. The summed E-state index contributed by atoms with van der Waals surface area (Å²) in [6.07, 6.45) is 0.871. The second-order valence-corrected chi connectivity index (χ2v) is 4.59. The van der Waals surface area contributed by atoms with Crippen molar-refractivity contribution in [2.24, 2.45) is 5.92 Å². The SMILES string of the molecule is CC(=O)[C@H]1C[C@@H]1c1ccc(Br)c(F)c1.S.S. The lowest BCUT2D eigenvalue weighted by Crippen LogP contribution is -1.95. The largest absolute Gasteiger partial charge is 0.300 e. The van der Waals surface area contributed by atoms with Gasteiger partial charge in [0.2, 0.25) is 0 Å². The van der Waals surface area contributed by atoms with Gasteiger partial charge in [0.25, 0.3) is 0 Å². The van der Waals surface area contributed by atoms with Crippen molar-refractivity contribution in [2.45, 2.75) is 19.3 Å². The lowest BCUT2D eigenvalue weighted by Gasteiger charge is -2.00. The Balaban J connectivity index is 0.00000112. The Kier molecular flexibility index (Phi) is 6.07. The topological polar surface area (TPSA) is 17.1 Å². The van der Waals surface area contributed by atoms with Gasteiger partial charge in [0.05, 0.1) is 4.47 Å². The van der Waals surface area contributed by atoms with E-state index in [1.54, 1.807) is 13.0 Å². The molecule has 0 radical (unpaired) electrons. The maximum atomic E-state index is 13.2. The minimum absolute atomic E-state index is 0. The summed E-state index contributed by atoms with van der Waals surface area (Å²) < 4.78 is 13.6. The molecule has 0 bridgehead atoms. The fourth-order valence-corrected chi connectivity index (χ4v) is 2.00. The Hall–Kier alpha value is -0.000000000000000111. The maximum absolute atomic E-state index is 13.2. The molecular formula is C11H14BrFOS2. The molecule has 0 spiro atoms. The van der Waals surface area contributed by atoms with Crippen LogP contribution in [0, 0.1) is 11.7 Å². The van der Waals surface area contributed by atoms with Gasteiger partial charge in [-0.3, -0.25) is 4.79 Å². The van der Waals surface area contributed by atoms with Crippen LogP contribution in [-0.2, 0) is 4.79 Å². The quantitative estimate of drug-likeness (QED) is 0.813. The van der Waals surface area contributed by atoms with Crippen LogP contribution in [0.25, 0.3) is 0 Å². The van der Waals surface area contributed by atoms with Crippen molar-refractivity contribution in [3.8, 4) is 0 Å². The summed E-state index contributed by atoms with van der Waals surface area (Å²) in [5, 5.41) is 0. The van der Waals surface area contributed by atoms with Gasteiger partial charge in [0.1, 0.15) is 11.6 Å². The Morgan fingerprint density at radius 2 is 2.06 bits per heavy atom. The van der Waals surface area contributed by atoms with Gasteiger partial charge in [0, 0.05) is 5.92 Å². The lowest BCUT2D eigenvalue weighted by molar-refractivity contribution is -0.118. The first-order valence-electron chi connectivity index (χ1n) is 4.55. The average molecular weight is 325 g/mol. The minimum atomic E-state index is -0.253. The van der Waals surface area contributed by atoms with Crippen molar-refractivity contribution in [2.75, 3.05) is 0 Å². The molecule has 0 aromatic heterocycles. The molecule has 2 rings (SSSR count). The molecule has 0 amide bonds. The smallest absolute Gasteiger partial charge is 0.137 e. The monoisotopic (exact) mass is 324 g/mol. The normalized spacial score (nSPS) is 21.7. The standard InChI is InChI=1S/C11H10BrFO.2H2S/c1-6(14)8-5-9(8)7-2-3-10(12)11(13)4-7;;/h2-4,8-9H,5H2,1H3;2*1H2/t8-,9-;;/m1../s1. The van der Waals surface area contributed by atoms with Gasteiger partial charge in [-0.25, -0.2) is 4.39 Å². The summed E-state index contributed by atoms with van der Waals surface area (Å²) in [7, 11) is 0. The van der Waals surface area contributed by atoms with Crippen molar-refractivity contribution in [1.82, 2.24) is 0 Å². The molecule has 0 N–H and O–H groups in total. The number of hydrogen-bond donors (Lipinski definition) is 0. The van der Waals surface area contributed by atoms with Crippen LogP contribution < -0.4 is 0 Å². The Morgan fingerprint density at radius 1 is 1.44 bits per heavy atom. The van der Waals surface area contributed by atoms with Gasteiger partial charge in [-0.1, -0.05) is 6.07 Å². The lowest BCUT2D eigenvalue weighted by atomic mass is 10.1. The summed E-state index contributed by atoms with van der Waals surface area (Å²) in [5.41, 5.74) is 0.936. The van der Waals surface area contributed by atoms with E-state index in [0.717, 1.165) is 12.0 Å². The van der Waals surface area contributed by atoms with E-state index in [-0.39, 0.29) is 50.4 Å². The van der Waals surface area contributed by atoms with Crippen molar-refractivity contribution in [3.05, 3.63) is 34.1 Å². The molecular weight excluding hydrogens is 311 g/mol. The molecule has 1 aromatic carbocycles. The van der Waals surface area contributed by atoms with Crippen LogP contribution >= 0.6 is 42.9 Å². The van der Waals surface area contributed by atoms with Crippen LogP contribution in [0.2, 0.25) is 0 Å². The number of carbonyl (C=O) groups is 1. The van der Waals surface area contributed by atoms with Gasteiger partial charge in [-0.15, -0.1) is 0 Å². The summed E-state index contributed by atoms with van der Waals surface area (Å²) in [6, 6.07) is 5.08. The van der Waals surface area contributed by atoms with Crippen molar-refractivity contribution in [3.63, 3.8) is 0 Å².